The molecule has 1 aliphatic heterocycles. The maximum atomic E-state index is 12.3. The maximum Gasteiger partial charge on any atom is 0.225 e. The van der Waals surface area contributed by atoms with E-state index in [1.165, 1.54) is 0 Å². The highest BCUT2D eigenvalue weighted by Crippen LogP contribution is 2.21. The Bertz CT molecular complexity index is 332. The Balaban J connectivity index is 2.34. The Labute approximate surface area is 129 Å². The third-order valence-electron chi connectivity index (χ3n) is 4.37. The number of nitrogens with zero attached hydrogens (tertiary/aromatic N) is 2. The Hall–Kier alpha value is -1.10. The smallest absolute Gasteiger partial charge is 0.225 e. The van der Waals surface area contributed by atoms with Crippen LogP contribution in [0.3, 0.4) is 0 Å². The van der Waals surface area contributed by atoms with Crippen LogP contribution >= 0.6 is 0 Å². The van der Waals surface area contributed by atoms with Crippen molar-refractivity contribution in [3.05, 3.63) is 0 Å². The lowest BCUT2D eigenvalue weighted by Crippen LogP contribution is -2.45. The van der Waals surface area contributed by atoms with E-state index in [1.807, 2.05) is 19.0 Å². The van der Waals surface area contributed by atoms with Crippen LogP contribution in [-0.4, -0.2) is 61.9 Å². The van der Waals surface area contributed by atoms with E-state index in [4.69, 9.17) is 0 Å². The molecule has 0 saturated carbocycles. The molecule has 1 saturated heterocycles. The van der Waals surface area contributed by atoms with Crippen molar-refractivity contribution >= 4 is 11.8 Å². The summed E-state index contributed by atoms with van der Waals surface area (Å²) < 4.78 is 0. The summed E-state index contributed by atoms with van der Waals surface area (Å²) >= 11 is 0. The van der Waals surface area contributed by atoms with Gasteiger partial charge in [-0.15, -0.1) is 0 Å². The highest BCUT2D eigenvalue weighted by Gasteiger charge is 2.29. The molecule has 0 unspecified atom stereocenters. The quantitative estimate of drug-likeness (QED) is 0.771. The topological polar surface area (TPSA) is 52.7 Å². The minimum Gasteiger partial charge on any atom is -0.355 e. The fraction of sp³-hybridized carbons (Fsp3) is 0.875. The second-order valence-corrected chi connectivity index (χ2v) is 6.21. The standard InChI is InChI=1S/C16H31N3O2/c1-5-13(6-2)16(21)19-10-7-14(8-11-19)15(20)17-9-12-18(3)4/h13-14H,5-12H2,1-4H3,(H,17,20). The number of nitrogens with one attached hydrogen (secondary N) is 1. The lowest BCUT2D eigenvalue weighted by Gasteiger charge is -2.33. The van der Waals surface area contributed by atoms with Crippen LogP contribution in [0, 0.1) is 11.8 Å². The van der Waals surface area contributed by atoms with Gasteiger partial charge in [0, 0.05) is 38.0 Å². The minimum absolute atomic E-state index is 0.0675. The zero-order valence-electron chi connectivity index (χ0n) is 14.0. The third-order valence-corrected chi connectivity index (χ3v) is 4.37. The molecule has 0 bridgehead atoms. The summed E-state index contributed by atoms with van der Waals surface area (Å²) in [5, 5.41) is 2.99. The minimum atomic E-state index is 0.0675. The van der Waals surface area contributed by atoms with Crippen LogP contribution in [-0.2, 0) is 9.59 Å². The molecule has 1 heterocycles. The molecule has 0 aliphatic carbocycles. The molecule has 0 aromatic rings. The van der Waals surface area contributed by atoms with Crippen molar-refractivity contribution in [3.63, 3.8) is 0 Å². The highest BCUT2D eigenvalue weighted by molar-refractivity contribution is 5.81. The predicted octanol–water partition coefficient (Wildman–Crippen LogP) is 1.34. The van der Waals surface area contributed by atoms with Crippen molar-refractivity contribution in [2.75, 3.05) is 40.3 Å². The highest BCUT2D eigenvalue weighted by atomic mass is 16.2. The summed E-state index contributed by atoms with van der Waals surface area (Å²) in [4.78, 5) is 28.4. The summed E-state index contributed by atoms with van der Waals surface area (Å²) in [5.41, 5.74) is 0. The second-order valence-electron chi connectivity index (χ2n) is 6.21. The first-order chi connectivity index (χ1) is 9.99. The Kier molecular flexibility index (Phi) is 7.72. The number of piperidine rings is 1. The van der Waals surface area contributed by atoms with Crippen molar-refractivity contribution in [1.82, 2.24) is 15.1 Å². The van der Waals surface area contributed by atoms with Crippen molar-refractivity contribution in [3.8, 4) is 0 Å². The van der Waals surface area contributed by atoms with Gasteiger partial charge >= 0.3 is 0 Å². The van der Waals surface area contributed by atoms with Crippen LogP contribution in [0.2, 0.25) is 0 Å². The summed E-state index contributed by atoms with van der Waals surface area (Å²) in [6, 6.07) is 0. The summed E-state index contributed by atoms with van der Waals surface area (Å²) in [5.74, 6) is 0.631. The molecule has 0 spiro atoms. The number of amides is 2. The lowest BCUT2D eigenvalue weighted by atomic mass is 9.93. The van der Waals surface area contributed by atoms with Gasteiger partial charge in [-0.2, -0.15) is 0 Å². The van der Waals surface area contributed by atoms with Crippen LogP contribution in [0.4, 0.5) is 0 Å². The predicted molar refractivity (Wildman–Crippen MR) is 84.9 cm³/mol. The first-order valence-corrected chi connectivity index (χ1v) is 8.20. The monoisotopic (exact) mass is 297 g/mol. The molecule has 1 N–H and O–H groups in total. The summed E-state index contributed by atoms with van der Waals surface area (Å²) in [6.07, 6.45) is 3.39. The molecule has 1 aliphatic rings. The Morgan fingerprint density at radius 3 is 2.24 bits per heavy atom. The third kappa shape index (κ3) is 5.65. The van der Waals surface area contributed by atoms with Gasteiger partial charge in [-0.1, -0.05) is 13.8 Å². The summed E-state index contributed by atoms with van der Waals surface area (Å²) in [6.45, 7) is 7.13. The van der Waals surface area contributed by atoms with E-state index in [9.17, 15) is 9.59 Å². The van der Waals surface area contributed by atoms with Gasteiger partial charge < -0.3 is 15.1 Å². The number of likely N-dealkylation sites (N-methyl/N-ethyl adjacent to an activating group) is 1. The maximum absolute atomic E-state index is 12.3. The SMILES string of the molecule is CCC(CC)C(=O)N1CCC(C(=O)NCCN(C)C)CC1. The molecule has 1 rings (SSSR count). The molecule has 0 radical (unpaired) electrons. The molecular formula is C16H31N3O2. The fourth-order valence-corrected chi connectivity index (χ4v) is 2.81. The Morgan fingerprint density at radius 2 is 1.76 bits per heavy atom. The van der Waals surface area contributed by atoms with Gasteiger partial charge in [-0.05, 0) is 39.8 Å². The average molecular weight is 297 g/mol. The van der Waals surface area contributed by atoms with Gasteiger partial charge in [0.05, 0.1) is 0 Å². The van der Waals surface area contributed by atoms with E-state index in [0.29, 0.717) is 6.54 Å². The first-order valence-electron chi connectivity index (χ1n) is 8.20. The zero-order valence-corrected chi connectivity index (χ0v) is 14.0. The largest absolute Gasteiger partial charge is 0.355 e. The molecule has 0 aromatic carbocycles. The van der Waals surface area contributed by atoms with Crippen molar-refractivity contribution in [1.29, 1.82) is 0 Å². The van der Waals surface area contributed by atoms with E-state index in [2.05, 4.69) is 24.1 Å². The molecule has 0 atom stereocenters. The van der Waals surface area contributed by atoms with E-state index in [1.54, 1.807) is 0 Å². The van der Waals surface area contributed by atoms with Gasteiger partial charge in [0.1, 0.15) is 0 Å². The average Bonchev–Trinajstić information content (AvgIpc) is 2.48. The van der Waals surface area contributed by atoms with E-state index >= 15 is 0 Å². The van der Waals surface area contributed by atoms with Gasteiger partial charge in [0.15, 0.2) is 0 Å². The van der Waals surface area contributed by atoms with Gasteiger partial charge in [-0.25, -0.2) is 0 Å². The number of hydrogen-bond donors (Lipinski definition) is 1. The molecule has 21 heavy (non-hydrogen) atoms. The van der Waals surface area contributed by atoms with Crippen LogP contribution in [0.5, 0.6) is 0 Å². The number of carbonyl (C=O) groups is 2. The van der Waals surface area contributed by atoms with Gasteiger partial charge in [0.25, 0.3) is 0 Å². The molecular weight excluding hydrogens is 266 g/mol. The van der Waals surface area contributed by atoms with Crippen LogP contribution in [0.25, 0.3) is 0 Å². The van der Waals surface area contributed by atoms with Crippen LogP contribution < -0.4 is 5.32 Å². The van der Waals surface area contributed by atoms with E-state index in [-0.39, 0.29) is 23.7 Å². The second kappa shape index (κ2) is 9.03. The molecule has 122 valence electrons. The zero-order chi connectivity index (χ0) is 15.8. The fourth-order valence-electron chi connectivity index (χ4n) is 2.81. The summed E-state index contributed by atoms with van der Waals surface area (Å²) in [7, 11) is 3.99. The number of hydrogen-bond acceptors (Lipinski definition) is 3. The van der Waals surface area contributed by atoms with Crippen molar-refractivity contribution in [2.45, 2.75) is 39.5 Å². The molecule has 5 nitrogen and oxygen atoms in total. The van der Waals surface area contributed by atoms with E-state index < -0.39 is 0 Å². The van der Waals surface area contributed by atoms with Crippen LogP contribution in [0.15, 0.2) is 0 Å². The van der Waals surface area contributed by atoms with Crippen molar-refractivity contribution in [2.24, 2.45) is 11.8 Å². The van der Waals surface area contributed by atoms with Gasteiger partial charge in [0.2, 0.25) is 11.8 Å². The number of carbonyl (C=O) groups excluding carboxylic acids is 2. The first kappa shape index (κ1) is 18.0. The molecule has 5 heteroatoms. The van der Waals surface area contributed by atoms with E-state index in [0.717, 1.165) is 45.3 Å². The van der Waals surface area contributed by atoms with Gasteiger partial charge in [-0.3, -0.25) is 9.59 Å². The normalized spacial score (nSPS) is 16.6. The Morgan fingerprint density at radius 1 is 1.19 bits per heavy atom. The molecule has 2 amide bonds. The van der Waals surface area contributed by atoms with Crippen molar-refractivity contribution < 1.29 is 9.59 Å². The number of likely N-dealkylation sites (tertiary alicyclic amines) is 1. The lowest BCUT2D eigenvalue weighted by molar-refractivity contribution is -0.139. The van der Waals surface area contributed by atoms with Crippen LogP contribution in [0.1, 0.15) is 39.5 Å². The molecule has 0 aromatic heterocycles. The number of rotatable bonds is 7. The molecule has 1 fully saturated rings.